The molecule has 7 heteroatoms. The van der Waals surface area contributed by atoms with Gasteiger partial charge < -0.3 is 10.2 Å². The summed E-state index contributed by atoms with van der Waals surface area (Å²) in [5.41, 5.74) is 0. The van der Waals surface area contributed by atoms with E-state index in [4.69, 9.17) is 10.2 Å². The molecule has 1 saturated carbocycles. The Morgan fingerprint density at radius 1 is 1.29 bits per heavy atom. The fourth-order valence-corrected chi connectivity index (χ4v) is 2.48. The van der Waals surface area contributed by atoms with Crippen molar-refractivity contribution in [3.8, 4) is 0 Å². The SMILES string of the molecule is O=C(O)CC(C(=O)O)N1N=NC2CCCCC21. The Balaban J connectivity index is 2.11. The van der Waals surface area contributed by atoms with Gasteiger partial charge in [-0.15, -0.1) is 0 Å². The van der Waals surface area contributed by atoms with Crippen LogP contribution < -0.4 is 0 Å². The minimum Gasteiger partial charge on any atom is -0.481 e. The molecule has 3 unspecified atom stereocenters. The van der Waals surface area contributed by atoms with Gasteiger partial charge in [-0.3, -0.25) is 9.80 Å². The van der Waals surface area contributed by atoms with Crippen molar-refractivity contribution in [2.75, 3.05) is 0 Å². The van der Waals surface area contributed by atoms with Gasteiger partial charge in [0.1, 0.15) is 0 Å². The van der Waals surface area contributed by atoms with E-state index < -0.39 is 24.4 Å². The number of rotatable bonds is 4. The first kappa shape index (κ1) is 11.8. The molecule has 0 bridgehead atoms. The van der Waals surface area contributed by atoms with Crippen LogP contribution in [0.2, 0.25) is 0 Å². The van der Waals surface area contributed by atoms with Crippen LogP contribution >= 0.6 is 0 Å². The molecule has 0 saturated heterocycles. The highest BCUT2D eigenvalue weighted by Crippen LogP contribution is 2.32. The van der Waals surface area contributed by atoms with Crippen molar-refractivity contribution in [3.05, 3.63) is 0 Å². The average molecular weight is 241 g/mol. The predicted octanol–water partition coefficient (Wildman–Crippen LogP) is 0.908. The highest BCUT2D eigenvalue weighted by molar-refractivity contribution is 5.80. The fraction of sp³-hybridized carbons (Fsp3) is 0.800. The van der Waals surface area contributed by atoms with E-state index in [1.807, 2.05) is 0 Å². The van der Waals surface area contributed by atoms with Gasteiger partial charge >= 0.3 is 11.9 Å². The van der Waals surface area contributed by atoms with Gasteiger partial charge in [0.05, 0.1) is 18.5 Å². The Morgan fingerprint density at radius 2 is 2.00 bits per heavy atom. The van der Waals surface area contributed by atoms with E-state index in [9.17, 15) is 9.59 Å². The van der Waals surface area contributed by atoms with Gasteiger partial charge in [0.25, 0.3) is 0 Å². The number of hydrogen-bond acceptors (Lipinski definition) is 5. The summed E-state index contributed by atoms with van der Waals surface area (Å²) in [4.78, 5) is 21.8. The molecule has 3 atom stereocenters. The summed E-state index contributed by atoms with van der Waals surface area (Å²) in [6, 6.07) is -1.10. The second-order valence-electron chi connectivity index (χ2n) is 4.46. The zero-order valence-corrected chi connectivity index (χ0v) is 9.32. The largest absolute Gasteiger partial charge is 0.481 e. The topological polar surface area (TPSA) is 103 Å². The molecule has 0 aromatic rings. The molecule has 1 aliphatic carbocycles. The quantitative estimate of drug-likeness (QED) is 0.761. The van der Waals surface area contributed by atoms with Crippen LogP contribution in [0.5, 0.6) is 0 Å². The molecule has 0 spiro atoms. The number of carboxylic acids is 2. The zero-order chi connectivity index (χ0) is 12.4. The van der Waals surface area contributed by atoms with Crippen LogP contribution in [0.4, 0.5) is 0 Å². The molecule has 0 aromatic heterocycles. The number of nitrogens with zero attached hydrogens (tertiary/aromatic N) is 3. The summed E-state index contributed by atoms with van der Waals surface area (Å²) >= 11 is 0. The van der Waals surface area contributed by atoms with Crippen molar-refractivity contribution < 1.29 is 19.8 Å². The van der Waals surface area contributed by atoms with Crippen LogP contribution in [0.15, 0.2) is 10.3 Å². The molecule has 2 N–H and O–H groups in total. The monoisotopic (exact) mass is 241 g/mol. The van der Waals surface area contributed by atoms with Crippen molar-refractivity contribution in [1.82, 2.24) is 5.01 Å². The first-order valence-corrected chi connectivity index (χ1v) is 5.73. The fourth-order valence-electron chi connectivity index (χ4n) is 2.48. The lowest BCUT2D eigenvalue weighted by atomic mass is 9.90. The Kier molecular flexibility index (Phi) is 3.26. The third kappa shape index (κ3) is 2.37. The molecule has 0 amide bonds. The molecule has 1 aliphatic heterocycles. The van der Waals surface area contributed by atoms with Crippen molar-refractivity contribution in [2.45, 2.75) is 50.2 Å². The molecule has 0 radical (unpaired) electrons. The maximum atomic E-state index is 11.1. The average Bonchev–Trinajstić information content (AvgIpc) is 2.69. The summed E-state index contributed by atoms with van der Waals surface area (Å²) in [6.45, 7) is 0. The van der Waals surface area contributed by atoms with Crippen LogP contribution in [0.3, 0.4) is 0 Å². The van der Waals surface area contributed by atoms with Crippen LogP contribution in [-0.2, 0) is 9.59 Å². The second-order valence-corrected chi connectivity index (χ2v) is 4.46. The Bertz CT molecular complexity index is 357. The van der Waals surface area contributed by atoms with E-state index in [1.165, 1.54) is 5.01 Å². The molecular formula is C10H15N3O4. The van der Waals surface area contributed by atoms with E-state index in [2.05, 4.69) is 10.3 Å². The standard InChI is InChI=1S/C10H15N3O4/c14-9(15)5-8(10(16)17)13-7-4-2-1-3-6(7)11-12-13/h6-8H,1-5H2,(H,14,15)(H,16,17). The molecule has 17 heavy (non-hydrogen) atoms. The molecule has 1 heterocycles. The summed E-state index contributed by atoms with van der Waals surface area (Å²) < 4.78 is 0. The lowest BCUT2D eigenvalue weighted by Gasteiger charge is -2.32. The van der Waals surface area contributed by atoms with Crippen molar-refractivity contribution in [2.24, 2.45) is 10.3 Å². The number of hydrogen-bond donors (Lipinski definition) is 2. The van der Waals surface area contributed by atoms with Gasteiger partial charge in [-0.25, -0.2) is 4.79 Å². The highest BCUT2D eigenvalue weighted by Gasteiger charge is 2.41. The van der Waals surface area contributed by atoms with Crippen LogP contribution in [0, 0.1) is 0 Å². The summed E-state index contributed by atoms with van der Waals surface area (Å²) in [7, 11) is 0. The van der Waals surface area contributed by atoms with Crippen molar-refractivity contribution >= 4 is 11.9 Å². The number of carbonyl (C=O) groups is 2. The van der Waals surface area contributed by atoms with Crippen molar-refractivity contribution in [1.29, 1.82) is 0 Å². The van der Waals surface area contributed by atoms with E-state index >= 15 is 0 Å². The molecule has 2 aliphatic rings. The van der Waals surface area contributed by atoms with E-state index in [0.717, 1.165) is 25.7 Å². The Hall–Kier alpha value is -1.66. The third-order valence-corrected chi connectivity index (χ3v) is 3.31. The second kappa shape index (κ2) is 4.68. The number of carboxylic acid groups (broad SMARTS) is 2. The Labute approximate surface area is 98.1 Å². The third-order valence-electron chi connectivity index (χ3n) is 3.31. The van der Waals surface area contributed by atoms with Crippen LogP contribution in [0.1, 0.15) is 32.1 Å². The van der Waals surface area contributed by atoms with Crippen molar-refractivity contribution in [3.63, 3.8) is 0 Å². The first-order valence-electron chi connectivity index (χ1n) is 5.73. The normalized spacial score (nSPS) is 28.8. The van der Waals surface area contributed by atoms with E-state index in [-0.39, 0.29) is 12.1 Å². The minimum atomic E-state index is -1.16. The van der Waals surface area contributed by atoms with Crippen LogP contribution in [0.25, 0.3) is 0 Å². The smallest absolute Gasteiger partial charge is 0.328 e. The van der Waals surface area contributed by atoms with Gasteiger partial charge in [-0.1, -0.05) is 18.1 Å². The van der Waals surface area contributed by atoms with Crippen LogP contribution in [-0.4, -0.2) is 45.3 Å². The molecule has 7 nitrogen and oxygen atoms in total. The predicted molar refractivity (Wildman–Crippen MR) is 56.4 cm³/mol. The van der Waals surface area contributed by atoms with Gasteiger partial charge in [-0.2, -0.15) is 5.11 Å². The Morgan fingerprint density at radius 3 is 2.65 bits per heavy atom. The van der Waals surface area contributed by atoms with Gasteiger partial charge in [0.2, 0.25) is 0 Å². The lowest BCUT2D eigenvalue weighted by molar-refractivity contribution is -0.150. The summed E-state index contributed by atoms with van der Waals surface area (Å²) in [6.07, 6.45) is 3.38. The molecular weight excluding hydrogens is 226 g/mol. The maximum Gasteiger partial charge on any atom is 0.328 e. The first-order chi connectivity index (χ1) is 8.09. The zero-order valence-electron chi connectivity index (χ0n) is 9.32. The number of aliphatic carboxylic acids is 2. The van der Waals surface area contributed by atoms with Gasteiger partial charge in [0, 0.05) is 0 Å². The highest BCUT2D eigenvalue weighted by atomic mass is 16.4. The number of fused-ring (bicyclic) bond motifs is 1. The lowest BCUT2D eigenvalue weighted by Crippen LogP contribution is -2.47. The van der Waals surface area contributed by atoms with Gasteiger partial charge in [0.15, 0.2) is 6.04 Å². The maximum absolute atomic E-state index is 11.1. The van der Waals surface area contributed by atoms with E-state index in [0.29, 0.717) is 0 Å². The van der Waals surface area contributed by atoms with E-state index in [1.54, 1.807) is 0 Å². The van der Waals surface area contributed by atoms with Gasteiger partial charge in [-0.05, 0) is 12.8 Å². The molecule has 0 aromatic carbocycles. The summed E-state index contributed by atoms with van der Waals surface area (Å²) in [5, 5.41) is 27.1. The molecule has 1 fully saturated rings. The summed E-state index contributed by atoms with van der Waals surface area (Å²) in [5.74, 6) is -2.29. The minimum absolute atomic E-state index is 0.0378. The molecule has 94 valence electrons. The molecule has 2 rings (SSSR count).